The van der Waals surface area contributed by atoms with Gasteiger partial charge in [-0.2, -0.15) is 15.0 Å². The lowest BCUT2D eigenvalue weighted by atomic mass is 9.54. The summed E-state index contributed by atoms with van der Waals surface area (Å²) in [4.78, 5) is 24.0. The number of rotatable bonds is 1. The van der Waals surface area contributed by atoms with Crippen LogP contribution in [0.3, 0.4) is 0 Å². The van der Waals surface area contributed by atoms with Crippen LogP contribution in [0.4, 0.5) is 4.79 Å². The lowest BCUT2D eigenvalue weighted by Crippen LogP contribution is -2.48. The second-order valence-corrected chi connectivity index (χ2v) is 6.93. The summed E-state index contributed by atoms with van der Waals surface area (Å²) in [6.45, 7) is 1.86. The number of aryl methyl sites for hydroxylation is 1. The van der Waals surface area contributed by atoms with Crippen LogP contribution in [0, 0.1) is 23.2 Å². The summed E-state index contributed by atoms with van der Waals surface area (Å²) in [6.07, 6.45) is 3.50. The van der Waals surface area contributed by atoms with E-state index in [2.05, 4.69) is 5.10 Å². The summed E-state index contributed by atoms with van der Waals surface area (Å²) in [6, 6.07) is 11.7. The zero-order valence-electron chi connectivity index (χ0n) is 14.2. The van der Waals surface area contributed by atoms with Gasteiger partial charge >= 0.3 is 6.09 Å². The molecule has 130 valence electrons. The summed E-state index contributed by atoms with van der Waals surface area (Å²) in [7, 11) is 0. The fourth-order valence-corrected chi connectivity index (χ4v) is 4.54. The van der Waals surface area contributed by atoms with E-state index in [4.69, 9.17) is 0 Å². The standard InChI is InChI=1S/C20H17N3O3/c1-12-16-8-7-13-11-23(19(25)26)22-18(13)20(16,9-14(10-21)17(12)24)15-5-3-2-4-6-15/h2-6,9,11-12,16H,7-8H2,1H3,(H,25,26)/t12?,16?,20-/m1/s1. The molecule has 0 radical (unpaired) electrons. The van der Waals surface area contributed by atoms with E-state index in [1.807, 2.05) is 43.3 Å². The zero-order valence-corrected chi connectivity index (χ0v) is 14.2. The van der Waals surface area contributed by atoms with Crippen molar-refractivity contribution in [3.8, 4) is 6.07 Å². The van der Waals surface area contributed by atoms with Gasteiger partial charge in [-0.1, -0.05) is 37.3 Å². The van der Waals surface area contributed by atoms with Gasteiger partial charge in [-0.3, -0.25) is 4.79 Å². The van der Waals surface area contributed by atoms with Crippen LogP contribution in [-0.2, 0) is 16.6 Å². The number of nitrogens with zero attached hydrogens (tertiary/aromatic N) is 3. The minimum Gasteiger partial charge on any atom is -0.463 e. The van der Waals surface area contributed by atoms with Gasteiger partial charge in [0.05, 0.1) is 16.7 Å². The molecule has 6 nitrogen and oxygen atoms in total. The first-order valence-corrected chi connectivity index (χ1v) is 8.54. The number of Topliss-reactive ketones (excluding diaryl/α,β-unsaturated/α-hetero) is 1. The molecule has 1 aromatic carbocycles. The SMILES string of the molecule is CC1C(=O)C(C#N)=C[C@]2(c3ccccc3)c3nn(C(=O)O)cc3CCC12. The Kier molecular flexibility index (Phi) is 3.55. The Hall–Kier alpha value is -3.20. The van der Waals surface area contributed by atoms with Gasteiger partial charge in [-0.05, 0) is 36.0 Å². The van der Waals surface area contributed by atoms with Crippen LogP contribution in [0.1, 0.15) is 30.2 Å². The normalized spacial score (nSPS) is 27.1. The summed E-state index contributed by atoms with van der Waals surface area (Å²) in [5, 5.41) is 23.2. The van der Waals surface area contributed by atoms with E-state index in [1.54, 1.807) is 12.3 Å². The largest absolute Gasteiger partial charge is 0.463 e. The molecule has 2 aromatic rings. The molecule has 4 rings (SSSR count). The van der Waals surface area contributed by atoms with Crippen LogP contribution in [0.5, 0.6) is 0 Å². The molecule has 26 heavy (non-hydrogen) atoms. The fraction of sp³-hybridized carbons (Fsp3) is 0.300. The van der Waals surface area contributed by atoms with E-state index in [-0.39, 0.29) is 23.2 Å². The predicted octanol–water partition coefficient (Wildman–Crippen LogP) is 2.93. The van der Waals surface area contributed by atoms with Crippen molar-refractivity contribution in [2.24, 2.45) is 11.8 Å². The molecule has 2 aliphatic carbocycles. The quantitative estimate of drug-likeness (QED) is 0.855. The number of fused-ring (bicyclic) bond motifs is 3. The van der Waals surface area contributed by atoms with Crippen LogP contribution in [0.2, 0.25) is 0 Å². The first kappa shape index (κ1) is 16.3. The van der Waals surface area contributed by atoms with Gasteiger partial charge in [0.25, 0.3) is 0 Å². The summed E-state index contributed by atoms with van der Waals surface area (Å²) >= 11 is 0. The maximum Gasteiger partial charge on any atom is 0.432 e. The highest BCUT2D eigenvalue weighted by atomic mass is 16.4. The fourth-order valence-electron chi connectivity index (χ4n) is 4.54. The van der Waals surface area contributed by atoms with Gasteiger partial charge in [0.2, 0.25) is 0 Å². The highest BCUT2D eigenvalue weighted by molar-refractivity contribution is 6.02. The number of nitriles is 1. The van der Waals surface area contributed by atoms with Crippen LogP contribution in [0.25, 0.3) is 0 Å². The van der Waals surface area contributed by atoms with E-state index in [0.717, 1.165) is 22.2 Å². The highest BCUT2D eigenvalue weighted by Gasteiger charge is 2.53. The third-order valence-corrected chi connectivity index (χ3v) is 5.71. The lowest BCUT2D eigenvalue weighted by Gasteiger charge is -2.46. The van der Waals surface area contributed by atoms with E-state index in [1.165, 1.54) is 0 Å². The number of carboxylic acid groups (broad SMARTS) is 1. The number of benzene rings is 1. The number of allylic oxidation sites excluding steroid dienone is 2. The first-order chi connectivity index (χ1) is 12.5. The van der Waals surface area contributed by atoms with E-state index < -0.39 is 11.5 Å². The Morgan fingerprint density at radius 1 is 1.38 bits per heavy atom. The van der Waals surface area contributed by atoms with Crippen molar-refractivity contribution in [1.29, 1.82) is 5.26 Å². The highest BCUT2D eigenvalue weighted by Crippen LogP contribution is 2.53. The molecule has 0 saturated heterocycles. The Morgan fingerprint density at radius 2 is 2.12 bits per heavy atom. The monoisotopic (exact) mass is 347 g/mol. The molecule has 0 aliphatic heterocycles. The van der Waals surface area contributed by atoms with Gasteiger partial charge in [0.15, 0.2) is 5.78 Å². The maximum absolute atomic E-state index is 12.6. The predicted molar refractivity (Wildman–Crippen MR) is 92.5 cm³/mol. The molecular weight excluding hydrogens is 330 g/mol. The number of ketones is 1. The van der Waals surface area contributed by atoms with Gasteiger partial charge in [-0.25, -0.2) is 4.79 Å². The van der Waals surface area contributed by atoms with E-state index in [0.29, 0.717) is 12.1 Å². The third kappa shape index (κ3) is 2.07. The molecule has 0 bridgehead atoms. The molecule has 1 aromatic heterocycles. The smallest absolute Gasteiger partial charge is 0.432 e. The minimum atomic E-state index is -1.15. The Bertz CT molecular complexity index is 983. The van der Waals surface area contributed by atoms with E-state index in [9.17, 15) is 20.0 Å². The topological polar surface area (TPSA) is 96.0 Å². The van der Waals surface area contributed by atoms with E-state index >= 15 is 0 Å². The second-order valence-electron chi connectivity index (χ2n) is 6.93. The Balaban J connectivity index is 2.07. The average Bonchev–Trinajstić information content (AvgIpc) is 3.10. The second kappa shape index (κ2) is 5.67. The number of hydrogen-bond acceptors (Lipinski definition) is 4. The number of hydrogen-bond donors (Lipinski definition) is 1. The van der Waals surface area contributed by atoms with Crippen molar-refractivity contribution in [2.45, 2.75) is 25.2 Å². The summed E-state index contributed by atoms with van der Waals surface area (Å²) in [5.41, 5.74) is 1.76. The lowest BCUT2D eigenvalue weighted by molar-refractivity contribution is -0.121. The average molecular weight is 347 g/mol. The molecule has 0 saturated carbocycles. The van der Waals surface area contributed by atoms with Crippen molar-refractivity contribution in [1.82, 2.24) is 9.78 Å². The van der Waals surface area contributed by atoms with Gasteiger partial charge in [0.1, 0.15) is 6.07 Å². The number of carbonyl (C=O) groups is 2. The van der Waals surface area contributed by atoms with Crippen molar-refractivity contribution in [3.05, 3.63) is 65.0 Å². The van der Waals surface area contributed by atoms with Crippen LogP contribution in [-0.4, -0.2) is 26.8 Å². The van der Waals surface area contributed by atoms with Crippen LogP contribution < -0.4 is 0 Å². The molecule has 2 unspecified atom stereocenters. The zero-order chi connectivity index (χ0) is 18.5. The number of carbonyl (C=O) groups excluding carboxylic acids is 1. The van der Waals surface area contributed by atoms with Crippen LogP contribution >= 0.6 is 0 Å². The third-order valence-electron chi connectivity index (χ3n) is 5.71. The summed E-state index contributed by atoms with van der Waals surface area (Å²) < 4.78 is 0.929. The van der Waals surface area contributed by atoms with Crippen LogP contribution in [0.15, 0.2) is 48.2 Å². The maximum atomic E-state index is 12.6. The Labute approximate surface area is 150 Å². The molecule has 6 heteroatoms. The van der Waals surface area contributed by atoms with Gasteiger partial charge < -0.3 is 5.11 Å². The molecule has 0 spiro atoms. The van der Waals surface area contributed by atoms with Crippen molar-refractivity contribution in [3.63, 3.8) is 0 Å². The number of aromatic nitrogens is 2. The summed E-state index contributed by atoms with van der Waals surface area (Å²) in [5.74, 6) is -0.553. The van der Waals surface area contributed by atoms with Gasteiger partial charge in [-0.15, -0.1) is 0 Å². The molecular formula is C20H17N3O3. The molecule has 1 heterocycles. The molecule has 0 fully saturated rings. The first-order valence-electron chi connectivity index (χ1n) is 8.54. The van der Waals surface area contributed by atoms with Crippen molar-refractivity contribution in [2.75, 3.05) is 0 Å². The van der Waals surface area contributed by atoms with Crippen molar-refractivity contribution >= 4 is 11.9 Å². The minimum absolute atomic E-state index is 0.0702. The molecule has 0 amide bonds. The van der Waals surface area contributed by atoms with Gasteiger partial charge in [0, 0.05) is 12.1 Å². The molecule has 1 N–H and O–H groups in total. The van der Waals surface area contributed by atoms with Crippen molar-refractivity contribution < 1.29 is 14.7 Å². The molecule has 3 atom stereocenters. The Morgan fingerprint density at radius 3 is 2.77 bits per heavy atom. The molecule has 2 aliphatic rings.